The number of esters is 1. The van der Waals surface area contributed by atoms with Crippen molar-refractivity contribution < 1.29 is 32.6 Å². The molecule has 0 aliphatic rings. The third kappa shape index (κ3) is 8.38. The highest BCUT2D eigenvalue weighted by Gasteiger charge is 2.33. The van der Waals surface area contributed by atoms with E-state index < -0.39 is 43.8 Å². The van der Waals surface area contributed by atoms with Gasteiger partial charge in [-0.1, -0.05) is 0 Å². The fourth-order valence-electron chi connectivity index (χ4n) is 1.45. The second-order valence-electron chi connectivity index (χ2n) is 3.85. The fourth-order valence-corrected chi connectivity index (χ4v) is 1.45. The van der Waals surface area contributed by atoms with Gasteiger partial charge in [0.15, 0.2) is 0 Å². The van der Waals surface area contributed by atoms with Gasteiger partial charge in [-0.2, -0.15) is 13.2 Å². The normalized spacial score (nSPS) is 13.2. The molecule has 112 valence electrons. The quantitative estimate of drug-likeness (QED) is 0.618. The van der Waals surface area contributed by atoms with Crippen LogP contribution in [-0.2, 0) is 14.3 Å². The number of carbonyl (C=O) groups is 2. The van der Waals surface area contributed by atoms with Crippen LogP contribution in [0.1, 0.15) is 6.92 Å². The molecule has 1 unspecified atom stereocenters. The summed E-state index contributed by atoms with van der Waals surface area (Å²) in [5.74, 6) is -1.41. The van der Waals surface area contributed by atoms with Gasteiger partial charge in [-0.3, -0.25) is 9.69 Å². The Morgan fingerprint density at radius 2 is 2.00 bits per heavy atom. The van der Waals surface area contributed by atoms with Crippen LogP contribution in [0.25, 0.3) is 0 Å². The van der Waals surface area contributed by atoms with Gasteiger partial charge in [0.05, 0.1) is 20.3 Å². The van der Waals surface area contributed by atoms with Gasteiger partial charge < -0.3 is 15.2 Å². The number of carbonyl (C=O) groups excluding carboxylic acids is 2. The van der Waals surface area contributed by atoms with Gasteiger partial charge in [-0.05, 0) is 0 Å². The first-order valence-electron chi connectivity index (χ1n) is 5.44. The molecule has 1 amide bonds. The van der Waals surface area contributed by atoms with Crippen LogP contribution >= 0.6 is 0 Å². The van der Waals surface area contributed by atoms with Crippen LogP contribution in [0.2, 0.25) is 0 Å². The fraction of sp³-hybridized carbons (Fsp3) is 0.800. The number of hydrogen-bond acceptors (Lipinski definition) is 5. The maximum absolute atomic E-state index is 12.3. The molecular weight excluding hydrogens is 269 g/mol. The van der Waals surface area contributed by atoms with Crippen LogP contribution in [0.3, 0.4) is 0 Å². The number of halogens is 3. The van der Waals surface area contributed by atoms with E-state index in [4.69, 9.17) is 5.11 Å². The van der Waals surface area contributed by atoms with Crippen molar-refractivity contribution in [2.24, 2.45) is 0 Å². The van der Waals surface area contributed by atoms with E-state index in [1.54, 1.807) is 0 Å². The highest BCUT2D eigenvalue weighted by atomic mass is 19.4. The molecule has 0 aliphatic carbocycles. The van der Waals surface area contributed by atoms with E-state index in [2.05, 4.69) is 10.1 Å². The van der Waals surface area contributed by atoms with Crippen molar-refractivity contribution in [2.45, 2.75) is 19.1 Å². The van der Waals surface area contributed by atoms with Gasteiger partial charge >= 0.3 is 12.1 Å². The Balaban J connectivity index is 4.72. The van der Waals surface area contributed by atoms with E-state index in [9.17, 15) is 22.8 Å². The average molecular weight is 286 g/mol. The molecule has 19 heavy (non-hydrogen) atoms. The number of aliphatic hydroxyl groups excluding tert-OH is 1. The Morgan fingerprint density at radius 1 is 1.42 bits per heavy atom. The molecule has 0 bridgehead atoms. The number of aliphatic hydroxyl groups is 1. The van der Waals surface area contributed by atoms with Crippen LogP contribution in [-0.4, -0.2) is 67.5 Å². The molecule has 9 heteroatoms. The number of ether oxygens (including phenoxy) is 1. The van der Waals surface area contributed by atoms with Crippen molar-refractivity contribution in [2.75, 3.05) is 33.4 Å². The highest BCUT2D eigenvalue weighted by molar-refractivity contribution is 5.83. The van der Waals surface area contributed by atoms with Crippen LogP contribution in [0, 0.1) is 0 Å². The summed E-state index contributed by atoms with van der Waals surface area (Å²) in [6.45, 7) is -1.32. The van der Waals surface area contributed by atoms with E-state index in [-0.39, 0.29) is 6.54 Å². The van der Waals surface area contributed by atoms with E-state index >= 15 is 0 Å². The molecule has 0 saturated carbocycles. The molecule has 6 nitrogen and oxygen atoms in total. The molecule has 0 spiro atoms. The average Bonchev–Trinajstić information content (AvgIpc) is 2.24. The van der Waals surface area contributed by atoms with Crippen molar-refractivity contribution in [3.8, 4) is 0 Å². The van der Waals surface area contributed by atoms with Crippen molar-refractivity contribution in [1.82, 2.24) is 10.2 Å². The minimum absolute atomic E-state index is 0.271. The monoisotopic (exact) mass is 286 g/mol. The second kappa shape index (κ2) is 7.95. The number of nitrogens with one attached hydrogen (secondary N) is 1. The van der Waals surface area contributed by atoms with E-state index in [1.807, 2.05) is 0 Å². The Kier molecular flexibility index (Phi) is 7.38. The van der Waals surface area contributed by atoms with Crippen LogP contribution in [0.5, 0.6) is 0 Å². The second-order valence-corrected chi connectivity index (χ2v) is 3.85. The highest BCUT2D eigenvalue weighted by Crippen LogP contribution is 2.16. The molecule has 0 aromatic heterocycles. The van der Waals surface area contributed by atoms with Gasteiger partial charge in [0.2, 0.25) is 5.91 Å². The molecular formula is C10H17F3N2O4. The van der Waals surface area contributed by atoms with Crippen molar-refractivity contribution in [1.29, 1.82) is 0 Å². The molecule has 0 rings (SSSR count). The Labute approximate surface area is 108 Å². The SMILES string of the molecule is COC(=O)C(CN(CCO)CC(F)(F)F)NC(C)=O. The van der Waals surface area contributed by atoms with Gasteiger partial charge in [0, 0.05) is 20.0 Å². The van der Waals surface area contributed by atoms with Crippen LogP contribution in [0.4, 0.5) is 13.2 Å². The third-order valence-corrected chi connectivity index (χ3v) is 2.12. The number of amides is 1. The lowest BCUT2D eigenvalue weighted by Crippen LogP contribution is -2.50. The van der Waals surface area contributed by atoms with Crippen molar-refractivity contribution >= 4 is 11.9 Å². The topological polar surface area (TPSA) is 78.9 Å². The lowest BCUT2D eigenvalue weighted by Gasteiger charge is -2.26. The molecule has 2 N–H and O–H groups in total. The lowest BCUT2D eigenvalue weighted by molar-refractivity contribution is -0.154. The molecule has 0 radical (unpaired) electrons. The predicted molar refractivity (Wildman–Crippen MR) is 59.2 cm³/mol. The summed E-state index contributed by atoms with van der Waals surface area (Å²) in [6.07, 6.45) is -4.47. The summed E-state index contributed by atoms with van der Waals surface area (Å²) >= 11 is 0. The van der Waals surface area contributed by atoms with Crippen molar-refractivity contribution in [3.05, 3.63) is 0 Å². The van der Waals surface area contributed by atoms with E-state index in [0.717, 1.165) is 18.9 Å². The number of methoxy groups -OCH3 is 1. The summed E-state index contributed by atoms with van der Waals surface area (Å²) in [6, 6.07) is -1.21. The summed E-state index contributed by atoms with van der Waals surface area (Å²) in [5.41, 5.74) is 0. The van der Waals surface area contributed by atoms with E-state index in [1.165, 1.54) is 0 Å². The summed E-state index contributed by atoms with van der Waals surface area (Å²) in [4.78, 5) is 23.1. The van der Waals surface area contributed by atoms with Gasteiger partial charge in [0.25, 0.3) is 0 Å². The number of nitrogens with zero attached hydrogens (tertiary/aromatic N) is 1. The van der Waals surface area contributed by atoms with Crippen LogP contribution < -0.4 is 5.32 Å². The third-order valence-electron chi connectivity index (χ3n) is 2.12. The minimum Gasteiger partial charge on any atom is -0.467 e. The maximum atomic E-state index is 12.3. The van der Waals surface area contributed by atoms with Gasteiger partial charge in [-0.15, -0.1) is 0 Å². The number of hydrogen-bond donors (Lipinski definition) is 2. The molecule has 0 heterocycles. The Hall–Kier alpha value is -1.35. The number of rotatable bonds is 7. The molecule has 0 aromatic rings. The summed E-state index contributed by atoms with van der Waals surface area (Å²) in [5, 5.41) is 10.9. The zero-order valence-corrected chi connectivity index (χ0v) is 10.7. The standard InChI is InChI=1S/C10H17F3N2O4/c1-7(17)14-8(9(18)19-2)5-15(3-4-16)6-10(11,12)13/h8,16H,3-6H2,1-2H3,(H,14,17). The Bertz CT molecular complexity index is 310. The van der Waals surface area contributed by atoms with Gasteiger partial charge in [-0.25, -0.2) is 4.79 Å². The first kappa shape index (κ1) is 17.6. The smallest absolute Gasteiger partial charge is 0.401 e. The molecule has 0 fully saturated rings. The zero-order chi connectivity index (χ0) is 15.1. The number of alkyl halides is 3. The lowest BCUT2D eigenvalue weighted by atomic mass is 10.2. The molecule has 0 aliphatic heterocycles. The van der Waals surface area contributed by atoms with Gasteiger partial charge in [0.1, 0.15) is 6.04 Å². The van der Waals surface area contributed by atoms with E-state index in [0.29, 0.717) is 0 Å². The summed E-state index contributed by atoms with van der Waals surface area (Å²) in [7, 11) is 1.07. The molecule has 1 atom stereocenters. The van der Waals surface area contributed by atoms with Crippen LogP contribution in [0.15, 0.2) is 0 Å². The largest absolute Gasteiger partial charge is 0.467 e. The first-order valence-corrected chi connectivity index (χ1v) is 5.44. The minimum atomic E-state index is -4.47. The Morgan fingerprint density at radius 3 is 2.37 bits per heavy atom. The zero-order valence-electron chi connectivity index (χ0n) is 10.7. The summed E-state index contributed by atoms with van der Waals surface area (Å²) < 4.78 is 41.3. The molecule has 0 saturated heterocycles. The predicted octanol–water partition coefficient (Wildman–Crippen LogP) is -0.479. The van der Waals surface area contributed by atoms with Crippen molar-refractivity contribution in [3.63, 3.8) is 0 Å². The molecule has 0 aromatic carbocycles. The maximum Gasteiger partial charge on any atom is 0.401 e. The first-order chi connectivity index (χ1) is 8.69.